The molecule has 1 amide bonds. The average molecular weight is 329 g/mol. The Kier molecular flexibility index (Phi) is 6.61. The number of esters is 1. The van der Waals surface area contributed by atoms with Gasteiger partial charge in [0.2, 0.25) is 0 Å². The summed E-state index contributed by atoms with van der Waals surface area (Å²) < 4.78 is 10.7. The molecule has 0 spiro atoms. The summed E-state index contributed by atoms with van der Waals surface area (Å²) in [5.41, 5.74) is 0.994. The second kappa shape index (κ2) is 8.91. The Morgan fingerprint density at radius 3 is 2.62 bits per heavy atom. The van der Waals surface area contributed by atoms with E-state index in [0.717, 1.165) is 23.5 Å². The topological polar surface area (TPSA) is 68.5 Å². The van der Waals surface area contributed by atoms with Crippen molar-refractivity contribution in [3.8, 4) is 11.3 Å². The Balaban J connectivity index is 1.74. The quantitative estimate of drug-likeness (QED) is 0.754. The molecule has 128 valence electrons. The number of hydrogen-bond acceptors (Lipinski definition) is 4. The summed E-state index contributed by atoms with van der Waals surface area (Å²) in [5, 5.41) is 2.75. The molecule has 5 nitrogen and oxygen atoms in total. The minimum absolute atomic E-state index is 0.0794. The first-order chi connectivity index (χ1) is 11.6. The van der Waals surface area contributed by atoms with Gasteiger partial charge in [-0.15, -0.1) is 0 Å². The van der Waals surface area contributed by atoms with E-state index in [1.807, 2.05) is 56.3 Å². The first-order valence-corrected chi connectivity index (χ1v) is 8.17. The number of carbonyl (C=O) groups is 2. The zero-order chi connectivity index (χ0) is 17.4. The molecule has 24 heavy (non-hydrogen) atoms. The predicted molar refractivity (Wildman–Crippen MR) is 91.3 cm³/mol. The Labute approximate surface area is 142 Å². The maximum Gasteiger partial charge on any atom is 0.306 e. The van der Waals surface area contributed by atoms with Gasteiger partial charge in [-0.2, -0.15) is 0 Å². The highest BCUT2D eigenvalue weighted by molar-refractivity contribution is 5.80. The molecule has 0 aliphatic carbocycles. The van der Waals surface area contributed by atoms with Crippen LogP contribution in [0.2, 0.25) is 0 Å². The molecule has 1 aromatic heterocycles. The molecule has 0 aliphatic rings. The highest BCUT2D eigenvalue weighted by atomic mass is 16.5. The number of aryl methyl sites for hydroxylation is 1. The van der Waals surface area contributed by atoms with E-state index in [1.165, 1.54) is 0 Å². The van der Waals surface area contributed by atoms with Crippen molar-refractivity contribution in [1.82, 2.24) is 5.32 Å². The zero-order valence-corrected chi connectivity index (χ0v) is 14.1. The average Bonchev–Trinajstić information content (AvgIpc) is 3.08. The summed E-state index contributed by atoms with van der Waals surface area (Å²) in [5.74, 6) is 0.802. The van der Waals surface area contributed by atoms with E-state index in [0.29, 0.717) is 6.42 Å². The number of furan rings is 1. The molecule has 0 bridgehead atoms. The van der Waals surface area contributed by atoms with Gasteiger partial charge in [0.15, 0.2) is 6.61 Å². The van der Waals surface area contributed by atoms with Crippen molar-refractivity contribution in [3.63, 3.8) is 0 Å². The van der Waals surface area contributed by atoms with Gasteiger partial charge in [0.25, 0.3) is 5.91 Å². The summed E-state index contributed by atoms with van der Waals surface area (Å²) >= 11 is 0. The molecule has 0 saturated carbocycles. The number of hydrogen-bond donors (Lipinski definition) is 1. The molecular formula is C19H23NO4. The highest BCUT2D eigenvalue weighted by Crippen LogP contribution is 2.22. The molecule has 1 N–H and O–H groups in total. The van der Waals surface area contributed by atoms with Gasteiger partial charge in [-0.25, -0.2) is 0 Å². The van der Waals surface area contributed by atoms with Crippen LogP contribution in [-0.4, -0.2) is 24.5 Å². The Hall–Kier alpha value is -2.56. The second-order valence-electron chi connectivity index (χ2n) is 5.67. The Bertz CT molecular complexity index is 663. The van der Waals surface area contributed by atoms with Crippen LogP contribution in [0.3, 0.4) is 0 Å². The van der Waals surface area contributed by atoms with E-state index < -0.39 is 5.97 Å². The lowest BCUT2D eigenvalue weighted by Gasteiger charge is -2.11. The van der Waals surface area contributed by atoms with Crippen molar-refractivity contribution in [2.75, 3.05) is 6.61 Å². The fourth-order valence-electron chi connectivity index (χ4n) is 2.13. The van der Waals surface area contributed by atoms with Gasteiger partial charge in [0.05, 0.1) is 6.42 Å². The van der Waals surface area contributed by atoms with Crippen LogP contribution in [0.5, 0.6) is 0 Å². The molecule has 0 radical (unpaired) electrons. The summed E-state index contributed by atoms with van der Waals surface area (Å²) in [6, 6.07) is 13.6. The monoisotopic (exact) mass is 329 g/mol. The lowest BCUT2D eigenvalue weighted by atomic mass is 10.2. The number of amides is 1. The molecule has 5 heteroatoms. The van der Waals surface area contributed by atoms with Crippen LogP contribution in [0.15, 0.2) is 46.9 Å². The third kappa shape index (κ3) is 5.57. The summed E-state index contributed by atoms with van der Waals surface area (Å²) in [7, 11) is 0. The first kappa shape index (κ1) is 17.8. The lowest BCUT2D eigenvalue weighted by Crippen LogP contribution is -2.35. The van der Waals surface area contributed by atoms with Gasteiger partial charge in [-0.1, -0.05) is 37.3 Å². The van der Waals surface area contributed by atoms with Gasteiger partial charge < -0.3 is 14.5 Å². The van der Waals surface area contributed by atoms with Crippen molar-refractivity contribution in [2.24, 2.45) is 0 Å². The molecule has 1 aromatic carbocycles. The van der Waals surface area contributed by atoms with Gasteiger partial charge in [0, 0.05) is 18.0 Å². The van der Waals surface area contributed by atoms with Crippen molar-refractivity contribution >= 4 is 11.9 Å². The van der Waals surface area contributed by atoms with Gasteiger partial charge in [0.1, 0.15) is 11.5 Å². The molecule has 1 heterocycles. The Morgan fingerprint density at radius 1 is 1.17 bits per heavy atom. The minimum atomic E-state index is -0.410. The first-order valence-electron chi connectivity index (χ1n) is 8.17. The van der Waals surface area contributed by atoms with Crippen LogP contribution in [-0.2, 0) is 20.7 Å². The number of rotatable bonds is 8. The van der Waals surface area contributed by atoms with Crippen LogP contribution in [0.4, 0.5) is 0 Å². The minimum Gasteiger partial charge on any atom is -0.461 e. The van der Waals surface area contributed by atoms with Gasteiger partial charge in [-0.05, 0) is 25.5 Å². The molecule has 0 saturated heterocycles. The summed E-state index contributed by atoms with van der Waals surface area (Å²) in [4.78, 5) is 23.3. The normalized spacial score (nSPS) is 11.8. The maximum absolute atomic E-state index is 11.7. The predicted octanol–water partition coefficient (Wildman–Crippen LogP) is 3.34. The summed E-state index contributed by atoms with van der Waals surface area (Å²) in [6.45, 7) is 3.64. The number of carbonyl (C=O) groups excluding carboxylic acids is 2. The molecule has 2 aromatic rings. The number of nitrogens with one attached hydrogen (secondary N) is 1. The number of ether oxygens (including phenoxy) is 1. The second-order valence-corrected chi connectivity index (χ2v) is 5.67. The van der Waals surface area contributed by atoms with Gasteiger partial charge >= 0.3 is 5.97 Å². The van der Waals surface area contributed by atoms with Crippen LogP contribution < -0.4 is 5.32 Å². The molecule has 2 rings (SSSR count). The van der Waals surface area contributed by atoms with Crippen LogP contribution in [0, 0.1) is 0 Å². The summed E-state index contributed by atoms with van der Waals surface area (Å²) in [6.07, 6.45) is 1.46. The SMILES string of the molecule is CCC(C)NC(=O)COC(=O)CCc1ccc(-c2ccccc2)o1. The molecule has 1 unspecified atom stereocenters. The molecule has 0 fully saturated rings. The lowest BCUT2D eigenvalue weighted by molar-refractivity contribution is -0.148. The standard InChI is InChI=1S/C19H23NO4/c1-3-14(2)20-18(21)13-23-19(22)12-10-16-9-11-17(24-16)15-7-5-4-6-8-15/h4-9,11,14H,3,10,12-13H2,1-2H3,(H,20,21). The smallest absolute Gasteiger partial charge is 0.306 e. The van der Waals surface area contributed by atoms with Crippen LogP contribution in [0.25, 0.3) is 11.3 Å². The number of benzene rings is 1. The van der Waals surface area contributed by atoms with Crippen molar-refractivity contribution in [2.45, 2.75) is 39.2 Å². The van der Waals surface area contributed by atoms with E-state index in [4.69, 9.17) is 9.15 Å². The maximum atomic E-state index is 11.7. The molecule has 0 aliphatic heterocycles. The van der Waals surface area contributed by atoms with E-state index in [2.05, 4.69) is 5.32 Å². The van der Waals surface area contributed by atoms with Crippen molar-refractivity contribution in [3.05, 3.63) is 48.2 Å². The third-order valence-electron chi connectivity index (χ3n) is 3.68. The molecular weight excluding hydrogens is 306 g/mol. The Morgan fingerprint density at radius 2 is 1.92 bits per heavy atom. The largest absolute Gasteiger partial charge is 0.461 e. The van der Waals surface area contributed by atoms with E-state index >= 15 is 0 Å². The van der Waals surface area contributed by atoms with Gasteiger partial charge in [-0.3, -0.25) is 9.59 Å². The fraction of sp³-hybridized carbons (Fsp3) is 0.368. The van der Waals surface area contributed by atoms with E-state index in [1.54, 1.807) is 0 Å². The van der Waals surface area contributed by atoms with E-state index in [-0.39, 0.29) is 25.0 Å². The molecule has 1 atom stereocenters. The zero-order valence-electron chi connectivity index (χ0n) is 14.1. The third-order valence-corrected chi connectivity index (χ3v) is 3.68. The highest BCUT2D eigenvalue weighted by Gasteiger charge is 2.11. The fourth-order valence-corrected chi connectivity index (χ4v) is 2.13. The van der Waals surface area contributed by atoms with E-state index in [9.17, 15) is 9.59 Å². The van der Waals surface area contributed by atoms with Crippen LogP contribution >= 0.6 is 0 Å². The van der Waals surface area contributed by atoms with Crippen molar-refractivity contribution < 1.29 is 18.7 Å². The van der Waals surface area contributed by atoms with Crippen molar-refractivity contribution in [1.29, 1.82) is 0 Å². The van der Waals surface area contributed by atoms with Crippen LogP contribution in [0.1, 0.15) is 32.4 Å².